The summed E-state index contributed by atoms with van der Waals surface area (Å²) in [6.07, 6.45) is 0. The van der Waals surface area contributed by atoms with Gasteiger partial charge in [-0.15, -0.1) is 0 Å². The molecular weight excluding hydrogens is 703 g/mol. The fraction of sp³-hybridized carbons (Fsp3) is 0. The number of para-hydroxylation sites is 1. The van der Waals surface area contributed by atoms with Crippen LogP contribution in [0.25, 0.3) is 111 Å². The summed E-state index contributed by atoms with van der Waals surface area (Å²) in [7, 11) is 0. The van der Waals surface area contributed by atoms with Crippen LogP contribution < -0.4 is 0 Å². The maximum Gasteiger partial charge on any atom is 0.160 e. The summed E-state index contributed by atoms with van der Waals surface area (Å²) in [5.74, 6) is 0.692. The van der Waals surface area contributed by atoms with Gasteiger partial charge >= 0.3 is 0 Å². The van der Waals surface area contributed by atoms with E-state index in [9.17, 15) is 0 Å². The number of hydrogen-bond donors (Lipinski definition) is 0. The summed E-state index contributed by atoms with van der Waals surface area (Å²) in [5, 5.41) is 8.58. The van der Waals surface area contributed by atoms with Crippen LogP contribution in [-0.2, 0) is 0 Å². The van der Waals surface area contributed by atoms with Gasteiger partial charge in [-0.2, -0.15) is 0 Å². The number of rotatable bonds is 6. The predicted octanol–water partition coefficient (Wildman–Crippen LogP) is 14.5. The van der Waals surface area contributed by atoms with Crippen molar-refractivity contribution in [3.8, 4) is 67.4 Å². The Hall–Kier alpha value is -7.75. The molecule has 0 atom stereocenters. The summed E-state index contributed by atoms with van der Waals surface area (Å²) < 4.78 is 0. The minimum Gasteiger partial charge on any atom is -0.247 e. The lowest BCUT2D eigenvalue weighted by atomic mass is 9.89. The molecule has 2 heterocycles. The van der Waals surface area contributed by atoms with Gasteiger partial charge in [-0.1, -0.05) is 194 Å². The van der Waals surface area contributed by atoms with E-state index in [1.54, 1.807) is 0 Å². The van der Waals surface area contributed by atoms with Crippen molar-refractivity contribution in [1.82, 2.24) is 15.0 Å². The van der Waals surface area contributed by atoms with Crippen molar-refractivity contribution in [2.75, 3.05) is 0 Å². The number of aromatic nitrogens is 3. The van der Waals surface area contributed by atoms with Gasteiger partial charge in [0.15, 0.2) is 5.82 Å². The van der Waals surface area contributed by atoms with E-state index in [-0.39, 0.29) is 0 Å². The first-order valence-electron chi connectivity index (χ1n) is 19.7. The average molecular weight is 738 g/mol. The first-order chi connectivity index (χ1) is 28.7. The Bertz CT molecular complexity index is 3300. The topological polar surface area (TPSA) is 38.7 Å². The highest BCUT2D eigenvalue weighted by Gasteiger charge is 2.18. The maximum atomic E-state index is 5.34. The van der Waals surface area contributed by atoms with Crippen LogP contribution in [0.1, 0.15) is 0 Å². The Morgan fingerprint density at radius 2 is 0.690 bits per heavy atom. The third-order valence-electron chi connectivity index (χ3n) is 11.3. The van der Waals surface area contributed by atoms with E-state index in [0.29, 0.717) is 5.82 Å². The smallest absolute Gasteiger partial charge is 0.160 e. The van der Waals surface area contributed by atoms with Gasteiger partial charge in [0.25, 0.3) is 0 Å². The fourth-order valence-corrected chi connectivity index (χ4v) is 8.44. The number of benzene rings is 9. The molecule has 3 nitrogen and oxygen atoms in total. The Morgan fingerprint density at radius 1 is 0.241 bits per heavy atom. The minimum atomic E-state index is 0.692. The van der Waals surface area contributed by atoms with Crippen molar-refractivity contribution in [3.05, 3.63) is 212 Å². The Balaban J connectivity index is 0.981. The van der Waals surface area contributed by atoms with Crippen molar-refractivity contribution in [2.24, 2.45) is 0 Å². The van der Waals surface area contributed by atoms with Crippen molar-refractivity contribution in [3.63, 3.8) is 0 Å². The molecule has 0 unspecified atom stereocenters. The fourth-order valence-electron chi connectivity index (χ4n) is 8.44. The maximum absolute atomic E-state index is 5.34. The quantitative estimate of drug-likeness (QED) is 0.160. The van der Waals surface area contributed by atoms with Crippen LogP contribution in [0.15, 0.2) is 212 Å². The zero-order valence-electron chi connectivity index (χ0n) is 31.5. The molecule has 11 aromatic rings. The summed E-state index contributed by atoms with van der Waals surface area (Å²) in [6.45, 7) is 0. The molecule has 11 rings (SSSR count). The van der Waals surface area contributed by atoms with Crippen molar-refractivity contribution in [1.29, 1.82) is 0 Å². The highest BCUT2D eigenvalue weighted by atomic mass is 14.9. The van der Waals surface area contributed by atoms with Crippen LogP contribution in [0.5, 0.6) is 0 Å². The van der Waals surface area contributed by atoms with Crippen molar-refractivity contribution < 1.29 is 0 Å². The summed E-state index contributed by atoms with van der Waals surface area (Å²) >= 11 is 0. The van der Waals surface area contributed by atoms with E-state index in [2.05, 4.69) is 200 Å². The van der Waals surface area contributed by atoms with Crippen molar-refractivity contribution in [2.45, 2.75) is 0 Å². The van der Waals surface area contributed by atoms with E-state index < -0.39 is 0 Å². The Kier molecular flexibility index (Phi) is 8.15. The van der Waals surface area contributed by atoms with Gasteiger partial charge in [0.05, 0.1) is 22.6 Å². The minimum absolute atomic E-state index is 0.692. The molecule has 2 aromatic heterocycles. The monoisotopic (exact) mass is 737 g/mol. The zero-order chi connectivity index (χ0) is 38.4. The van der Waals surface area contributed by atoms with Crippen LogP contribution in [0.3, 0.4) is 0 Å². The van der Waals surface area contributed by atoms with E-state index >= 15 is 0 Å². The normalized spacial score (nSPS) is 11.4. The number of nitrogens with zero attached hydrogens (tertiary/aromatic N) is 3. The first kappa shape index (κ1) is 33.6. The average Bonchev–Trinajstić information content (AvgIpc) is 3.32. The van der Waals surface area contributed by atoms with Crippen LogP contribution in [-0.4, -0.2) is 15.0 Å². The van der Waals surface area contributed by atoms with Gasteiger partial charge < -0.3 is 0 Å². The SMILES string of the molecule is c1ccc(-c2cccc(-c3cc(-c4ccccc4)nc(-c4ccc(-c5ccc(-c6nc7ccccc7c7c8ccccc8c8ccccc8c67)cc5)cc4)n3)c2)cc1. The third-order valence-corrected chi connectivity index (χ3v) is 11.3. The van der Waals surface area contributed by atoms with Gasteiger partial charge in [0.2, 0.25) is 0 Å². The van der Waals surface area contributed by atoms with Gasteiger partial charge in [-0.25, -0.2) is 15.0 Å². The molecule has 9 aromatic carbocycles. The van der Waals surface area contributed by atoms with Gasteiger partial charge in [0, 0.05) is 38.4 Å². The second kappa shape index (κ2) is 14.1. The molecule has 0 aliphatic rings. The van der Waals surface area contributed by atoms with E-state index in [1.807, 2.05) is 12.1 Å². The molecule has 0 saturated carbocycles. The summed E-state index contributed by atoms with van der Waals surface area (Å²) in [5.41, 5.74) is 12.5. The Morgan fingerprint density at radius 3 is 1.34 bits per heavy atom. The van der Waals surface area contributed by atoms with Crippen molar-refractivity contribution >= 4 is 43.2 Å². The number of pyridine rings is 1. The molecule has 0 bridgehead atoms. The highest BCUT2D eigenvalue weighted by molar-refractivity contribution is 6.33. The molecule has 0 radical (unpaired) electrons. The van der Waals surface area contributed by atoms with E-state index in [1.165, 1.54) is 43.3 Å². The lowest BCUT2D eigenvalue weighted by Gasteiger charge is -2.16. The Labute approximate surface area is 336 Å². The standard InChI is InChI=1S/C55H35N3/c1-3-14-36(15-4-1)42-18-13-19-43(34-42)51-35-50(39-16-5-2-6-17-39)57-55(58-51)41-32-28-38(29-33-41)37-26-30-40(31-27-37)54-53-47-23-10-8-21-45(47)44-20-7-9-22-46(44)52(53)48-24-11-12-25-49(48)56-54/h1-35H. The van der Waals surface area contributed by atoms with Gasteiger partial charge in [0.1, 0.15) is 0 Å². The number of hydrogen-bond acceptors (Lipinski definition) is 3. The molecule has 3 heteroatoms. The molecule has 270 valence electrons. The predicted molar refractivity (Wildman–Crippen MR) is 242 cm³/mol. The van der Waals surface area contributed by atoms with Crippen LogP contribution in [0.4, 0.5) is 0 Å². The van der Waals surface area contributed by atoms with Crippen LogP contribution >= 0.6 is 0 Å². The molecule has 58 heavy (non-hydrogen) atoms. The van der Waals surface area contributed by atoms with Crippen LogP contribution in [0, 0.1) is 0 Å². The van der Waals surface area contributed by atoms with E-state index in [4.69, 9.17) is 15.0 Å². The zero-order valence-corrected chi connectivity index (χ0v) is 31.5. The molecule has 0 amide bonds. The second-order valence-electron chi connectivity index (χ2n) is 14.7. The molecule has 0 saturated heterocycles. The van der Waals surface area contributed by atoms with Crippen LogP contribution in [0.2, 0.25) is 0 Å². The first-order valence-corrected chi connectivity index (χ1v) is 19.7. The molecule has 0 aliphatic heterocycles. The molecule has 0 spiro atoms. The summed E-state index contributed by atoms with van der Waals surface area (Å²) in [6, 6.07) is 75.0. The second-order valence-corrected chi connectivity index (χ2v) is 14.7. The third kappa shape index (κ3) is 5.89. The number of fused-ring (bicyclic) bond motifs is 8. The largest absolute Gasteiger partial charge is 0.247 e. The molecule has 0 N–H and O–H groups in total. The molecule has 0 fully saturated rings. The lowest BCUT2D eigenvalue weighted by Crippen LogP contribution is -1.96. The lowest BCUT2D eigenvalue weighted by molar-refractivity contribution is 1.18. The van der Waals surface area contributed by atoms with E-state index in [0.717, 1.165) is 61.5 Å². The molecule has 0 aliphatic carbocycles. The highest BCUT2D eigenvalue weighted by Crippen LogP contribution is 2.43. The molecular formula is C55H35N3. The summed E-state index contributed by atoms with van der Waals surface area (Å²) in [4.78, 5) is 15.6. The van der Waals surface area contributed by atoms with Gasteiger partial charge in [-0.05, 0) is 62.0 Å². The van der Waals surface area contributed by atoms with Gasteiger partial charge in [-0.3, -0.25) is 0 Å².